The van der Waals surface area contributed by atoms with Gasteiger partial charge in [-0.2, -0.15) is 0 Å². The van der Waals surface area contributed by atoms with Crippen molar-refractivity contribution >= 4 is 25.4 Å². The van der Waals surface area contributed by atoms with Gasteiger partial charge in [-0.15, -0.1) is 0 Å². The van der Waals surface area contributed by atoms with E-state index >= 15 is 0 Å². The number of hydrogen-bond acceptors (Lipinski definition) is 4. The van der Waals surface area contributed by atoms with Crippen molar-refractivity contribution < 1.29 is 29.1 Å². The summed E-state index contributed by atoms with van der Waals surface area (Å²) in [6, 6.07) is 0. The summed E-state index contributed by atoms with van der Waals surface area (Å²) >= 11 is 0. The molecule has 5 unspecified atom stereocenters. The minimum absolute atomic E-state index is 0.0494. The molecule has 0 spiro atoms. The molecule has 0 aromatic rings. The minimum atomic E-state index is -1.71. The second-order valence-corrected chi connectivity index (χ2v) is 10.1. The summed E-state index contributed by atoms with van der Waals surface area (Å²) in [6.07, 6.45) is 3.38. The second kappa shape index (κ2) is 5.11. The van der Waals surface area contributed by atoms with Gasteiger partial charge in [-0.25, -0.2) is 0 Å². The first-order valence-electron chi connectivity index (χ1n) is 6.99. The summed E-state index contributed by atoms with van der Waals surface area (Å²) in [4.78, 5) is 22.6. The van der Waals surface area contributed by atoms with Crippen LogP contribution in [0.3, 0.4) is 0 Å². The first kappa shape index (κ1) is 16.5. The molecule has 0 amide bonds. The Labute approximate surface area is 124 Å². The molecule has 1 heterocycles. The molecule has 1 saturated heterocycles. The molecule has 2 aliphatic rings. The quantitative estimate of drug-likeness (QED) is 0.591. The van der Waals surface area contributed by atoms with Crippen LogP contribution in [0.1, 0.15) is 20.3 Å². The van der Waals surface area contributed by atoms with Crippen LogP contribution in [0.5, 0.6) is 0 Å². The third-order valence-corrected chi connectivity index (χ3v) is 5.27. The van der Waals surface area contributed by atoms with E-state index in [4.69, 9.17) is 9.26 Å². The van der Waals surface area contributed by atoms with Gasteiger partial charge in [-0.3, -0.25) is 9.59 Å². The Hall–Kier alpha value is -0.840. The van der Waals surface area contributed by atoms with Crippen molar-refractivity contribution in [2.24, 2.45) is 17.3 Å². The lowest BCUT2D eigenvalue weighted by molar-refractivity contribution is -0.159. The van der Waals surface area contributed by atoms with Crippen LogP contribution in [0.2, 0.25) is 0 Å². The molecular formula is C14H23O6P. The Balaban J connectivity index is 2.16. The van der Waals surface area contributed by atoms with Crippen LogP contribution in [0, 0.1) is 17.3 Å². The van der Waals surface area contributed by atoms with Crippen molar-refractivity contribution in [3.8, 4) is 0 Å². The van der Waals surface area contributed by atoms with Crippen molar-refractivity contribution in [1.82, 2.24) is 0 Å². The normalized spacial score (nSPS) is 38.2. The van der Waals surface area contributed by atoms with E-state index in [9.17, 15) is 19.8 Å². The Kier molecular flexibility index (Phi) is 4.02. The van der Waals surface area contributed by atoms with Crippen molar-refractivity contribution in [2.75, 3.05) is 13.3 Å². The van der Waals surface area contributed by atoms with E-state index < -0.39 is 36.5 Å². The first-order chi connectivity index (χ1) is 9.50. The number of aliphatic carboxylic acids is 2. The molecule has 1 aliphatic heterocycles. The second-order valence-electron chi connectivity index (χ2n) is 6.70. The van der Waals surface area contributed by atoms with Crippen molar-refractivity contribution in [3.05, 3.63) is 0 Å². The van der Waals surface area contributed by atoms with Crippen molar-refractivity contribution in [2.45, 2.75) is 38.6 Å². The molecule has 1 saturated carbocycles. The molecule has 0 bridgehead atoms. The van der Waals surface area contributed by atoms with Crippen LogP contribution in [0.4, 0.5) is 0 Å². The van der Waals surface area contributed by atoms with Gasteiger partial charge in [0.2, 0.25) is 0 Å². The van der Waals surface area contributed by atoms with Crippen LogP contribution >= 0.6 is 7.11 Å². The third kappa shape index (κ3) is 2.77. The van der Waals surface area contributed by atoms with Crippen molar-refractivity contribution in [1.29, 1.82) is 0 Å². The molecule has 7 heteroatoms. The van der Waals surface area contributed by atoms with Crippen LogP contribution < -0.4 is 0 Å². The zero-order chi connectivity index (χ0) is 16.2. The molecule has 2 fully saturated rings. The molecule has 2 N–H and O–H groups in total. The van der Waals surface area contributed by atoms with Gasteiger partial charge in [-0.1, -0.05) is 13.2 Å². The number of carbonyl (C=O) groups is 2. The van der Waals surface area contributed by atoms with Gasteiger partial charge in [-0.05, 0) is 33.8 Å². The Morgan fingerprint density at radius 3 is 2.19 bits per heavy atom. The number of rotatable bonds is 5. The summed E-state index contributed by atoms with van der Waals surface area (Å²) in [5.41, 5.74) is -1.69. The lowest BCUT2D eigenvalue weighted by Gasteiger charge is -2.25. The molecule has 6 nitrogen and oxygen atoms in total. The Morgan fingerprint density at radius 1 is 1.29 bits per heavy atom. The van der Waals surface area contributed by atoms with Crippen molar-refractivity contribution in [3.63, 3.8) is 0 Å². The monoisotopic (exact) mass is 318 g/mol. The van der Waals surface area contributed by atoms with Gasteiger partial charge in [0.05, 0.1) is 18.3 Å². The highest BCUT2D eigenvalue weighted by molar-refractivity contribution is 7.67. The molecule has 21 heavy (non-hydrogen) atoms. The lowest BCUT2D eigenvalue weighted by atomic mass is 9.91. The number of carboxylic acids is 2. The zero-order valence-corrected chi connectivity index (χ0v) is 13.7. The lowest BCUT2D eigenvalue weighted by Crippen LogP contribution is -2.33. The maximum atomic E-state index is 11.3. The van der Waals surface area contributed by atoms with Gasteiger partial charge in [0.25, 0.3) is 0 Å². The van der Waals surface area contributed by atoms with E-state index in [-0.39, 0.29) is 24.5 Å². The smallest absolute Gasteiger partial charge is 0.321 e. The average Bonchev–Trinajstić information content (AvgIpc) is 3.01. The van der Waals surface area contributed by atoms with Gasteiger partial charge in [0, 0.05) is 11.8 Å². The molecule has 120 valence electrons. The zero-order valence-electron chi connectivity index (χ0n) is 12.8. The Morgan fingerprint density at radius 2 is 1.81 bits per heavy atom. The Bertz CT molecular complexity index is 496. The van der Waals surface area contributed by atoms with Gasteiger partial charge < -0.3 is 19.5 Å². The fourth-order valence-corrected chi connectivity index (χ4v) is 4.33. The highest BCUT2D eigenvalue weighted by atomic mass is 31.2. The maximum Gasteiger partial charge on any atom is 0.321 e. The summed E-state index contributed by atoms with van der Waals surface area (Å²) in [5.74, 6) is -3.10. The molecule has 2 rings (SSSR count). The van der Waals surface area contributed by atoms with E-state index in [0.29, 0.717) is 0 Å². The van der Waals surface area contributed by atoms with Gasteiger partial charge in [0.15, 0.2) is 5.41 Å². The average molecular weight is 318 g/mol. The minimum Gasteiger partial charge on any atom is -0.480 e. The SMILES string of the molecule is C=P(C)(C)OC1C(C)OC(C2CC2(C(=O)O)C(=O)O)C1C. The highest BCUT2D eigenvalue weighted by Crippen LogP contribution is 2.59. The van der Waals surface area contributed by atoms with Crippen LogP contribution in [0.15, 0.2) is 0 Å². The summed E-state index contributed by atoms with van der Waals surface area (Å²) < 4.78 is 11.9. The third-order valence-electron chi connectivity index (χ3n) is 4.45. The molecule has 0 aromatic carbocycles. The molecular weight excluding hydrogens is 295 g/mol. The molecule has 0 aromatic heterocycles. The molecule has 1 aliphatic carbocycles. The fraction of sp³-hybridized carbons (Fsp3) is 0.786. The summed E-state index contributed by atoms with van der Waals surface area (Å²) in [6.45, 7) is 7.72. The molecule has 5 atom stereocenters. The standard InChI is InChI=1S/C14H23O6P/c1-7-10(20-21(3,4)5)8(2)19-11(7)9-6-14(9,12(15)16)13(17)18/h7-11H,3,6H2,1-2,4-5H3,(H,15,16)(H,17,18). The fourth-order valence-electron chi connectivity index (χ4n) is 3.30. The van der Waals surface area contributed by atoms with E-state index in [1.54, 1.807) is 0 Å². The summed E-state index contributed by atoms with van der Waals surface area (Å²) in [7, 11) is -1.71. The van der Waals surface area contributed by atoms with Crippen LogP contribution in [-0.2, 0) is 18.8 Å². The predicted molar refractivity (Wildman–Crippen MR) is 80.1 cm³/mol. The van der Waals surface area contributed by atoms with Gasteiger partial charge >= 0.3 is 11.9 Å². The topological polar surface area (TPSA) is 93.1 Å². The summed E-state index contributed by atoms with van der Waals surface area (Å²) in [5, 5.41) is 18.5. The van der Waals surface area contributed by atoms with Crippen LogP contribution in [-0.4, -0.2) is 60.1 Å². The largest absolute Gasteiger partial charge is 0.480 e. The first-order valence-corrected chi connectivity index (χ1v) is 9.78. The highest BCUT2D eigenvalue weighted by Gasteiger charge is 2.71. The van der Waals surface area contributed by atoms with E-state index in [2.05, 4.69) is 6.30 Å². The van der Waals surface area contributed by atoms with Gasteiger partial charge in [0.1, 0.15) is 0 Å². The number of hydrogen-bond donors (Lipinski definition) is 2. The van der Waals surface area contributed by atoms with E-state index in [0.717, 1.165) is 0 Å². The predicted octanol–water partition coefficient (Wildman–Crippen LogP) is 1.59. The molecule has 0 radical (unpaired) electrons. The van der Waals surface area contributed by atoms with Crippen LogP contribution in [0.25, 0.3) is 0 Å². The maximum absolute atomic E-state index is 11.3. The number of carboxylic acid groups (broad SMARTS) is 2. The van der Waals surface area contributed by atoms with E-state index in [1.165, 1.54) is 0 Å². The number of ether oxygens (including phenoxy) is 1. The van der Waals surface area contributed by atoms with E-state index in [1.807, 2.05) is 27.2 Å².